The number of fused-ring (bicyclic) bond motifs is 1. The molecule has 2 heterocycles. The lowest BCUT2D eigenvalue weighted by Gasteiger charge is -2.37. The van der Waals surface area contributed by atoms with Gasteiger partial charge in [-0.25, -0.2) is 0 Å². The van der Waals surface area contributed by atoms with Crippen molar-refractivity contribution in [1.82, 2.24) is 20.9 Å². The second-order valence-corrected chi connectivity index (χ2v) is 8.64. The second kappa shape index (κ2) is 8.99. The van der Waals surface area contributed by atoms with Crippen molar-refractivity contribution in [2.45, 2.75) is 71.4 Å². The number of carbonyl (C=O) groups excluding carboxylic acids is 4. The molecule has 9 nitrogen and oxygen atoms in total. The van der Waals surface area contributed by atoms with E-state index < -0.39 is 137 Å². The van der Waals surface area contributed by atoms with E-state index in [0.29, 0.717) is 0 Å². The second-order valence-electron chi connectivity index (χ2n) is 8.64. The highest BCUT2D eigenvalue weighted by molar-refractivity contribution is 5.95. The zero-order chi connectivity index (χ0) is 40.8. The molecular formula is C23H32F3N5O4. The van der Waals surface area contributed by atoms with Crippen molar-refractivity contribution in [3.05, 3.63) is 0 Å². The zero-order valence-electron chi connectivity index (χ0n) is 34.7. The molecule has 0 spiro atoms. The smallest absolute Gasteiger partial charge is 0.356 e. The lowest BCUT2D eigenvalue weighted by Crippen LogP contribution is -2.61. The Bertz CT molecular complexity index is 1470. The molecule has 3 rings (SSSR count). The molecule has 12 heteroatoms. The number of nitriles is 1. The van der Waals surface area contributed by atoms with Gasteiger partial charge < -0.3 is 20.9 Å². The molecule has 4 amide bonds. The maximum absolute atomic E-state index is 14.3. The first-order valence-electron chi connectivity index (χ1n) is 18.7. The zero-order valence-corrected chi connectivity index (χ0v) is 17.7. The molecule has 0 aromatic carbocycles. The van der Waals surface area contributed by atoms with Crippen LogP contribution in [-0.4, -0.2) is 65.9 Å². The Morgan fingerprint density at radius 2 is 2.00 bits per heavy atom. The Kier molecular flexibility index (Phi) is 3.06. The molecule has 3 aliphatic rings. The maximum Gasteiger partial charge on any atom is 0.471 e. The first kappa shape index (κ1) is 11.9. The number of hydrogen-bond acceptors (Lipinski definition) is 5. The summed E-state index contributed by atoms with van der Waals surface area (Å²) >= 11 is 0. The van der Waals surface area contributed by atoms with Gasteiger partial charge in [-0.1, -0.05) is 34.3 Å². The molecule has 0 unspecified atom stereocenters. The highest BCUT2D eigenvalue weighted by Gasteiger charge is 2.70. The van der Waals surface area contributed by atoms with Gasteiger partial charge in [-0.2, -0.15) is 18.4 Å². The number of piperidine rings is 1. The number of halogens is 3. The quantitative estimate of drug-likeness (QED) is 0.487. The molecule has 0 bridgehead atoms. The lowest BCUT2D eigenvalue weighted by molar-refractivity contribution is -0.176. The van der Waals surface area contributed by atoms with Crippen LogP contribution in [-0.2, 0) is 19.2 Å². The van der Waals surface area contributed by atoms with Crippen LogP contribution in [0.15, 0.2) is 0 Å². The van der Waals surface area contributed by atoms with E-state index in [2.05, 4.69) is 0 Å². The number of amides is 4. The Hall–Kier alpha value is -2.84. The third-order valence-corrected chi connectivity index (χ3v) is 6.19. The fraction of sp³-hybridized carbons (Fsp3) is 0.783. The van der Waals surface area contributed by atoms with E-state index in [1.54, 1.807) is 6.07 Å². The van der Waals surface area contributed by atoms with Crippen LogP contribution >= 0.6 is 0 Å². The Labute approximate surface area is 226 Å². The number of rotatable bonds is 6. The standard InChI is InChI=1S/C23H32F3N5O4/c1-21(2,3)16(30-20(35)23(24,25)26)19(34)31-10-13-14(22(13,4)5)15(31)18(33)29-12(9-27)8-11-6-7-28-17(11)32/h11-16H,6-8,10H2,1-5H3,(H,28,32)(H,29,33)(H,30,35)/t11-,12-,13-,14-,15-,16+/m0/s1/i1D3,2D3,3D3,4D3,5D3,7D2. The van der Waals surface area contributed by atoms with E-state index in [1.165, 1.54) is 0 Å². The van der Waals surface area contributed by atoms with Crippen LogP contribution < -0.4 is 16.0 Å². The topological polar surface area (TPSA) is 131 Å². The normalized spacial score (nSPS) is 39.3. The number of nitrogens with one attached hydrogen (secondary N) is 3. The van der Waals surface area contributed by atoms with Gasteiger partial charge in [-0.05, 0) is 35.5 Å². The fourth-order valence-electron chi connectivity index (χ4n) is 4.33. The molecule has 3 N–H and O–H groups in total. The van der Waals surface area contributed by atoms with Crippen molar-refractivity contribution >= 4 is 23.6 Å². The van der Waals surface area contributed by atoms with E-state index in [9.17, 15) is 37.6 Å². The van der Waals surface area contributed by atoms with E-state index in [4.69, 9.17) is 23.3 Å². The largest absolute Gasteiger partial charge is 0.471 e. The van der Waals surface area contributed by atoms with Crippen LogP contribution in [0.3, 0.4) is 0 Å². The summed E-state index contributed by atoms with van der Waals surface area (Å²) < 4.78 is 175. The summed E-state index contributed by atoms with van der Waals surface area (Å²) in [5.41, 5.74) is -7.38. The van der Waals surface area contributed by atoms with Gasteiger partial charge >= 0.3 is 12.1 Å². The van der Waals surface area contributed by atoms with E-state index >= 15 is 0 Å². The molecule has 2 aliphatic heterocycles. The summed E-state index contributed by atoms with van der Waals surface area (Å²) in [5, 5.41) is 14.6. The third kappa shape index (κ3) is 5.23. The van der Waals surface area contributed by atoms with E-state index in [0.717, 1.165) is 5.32 Å². The molecule has 194 valence electrons. The van der Waals surface area contributed by atoms with Crippen molar-refractivity contribution in [2.24, 2.45) is 28.6 Å². The number of hydrogen-bond donors (Lipinski definition) is 3. The first-order chi connectivity index (χ1) is 23.0. The molecule has 2 saturated heterocycles. The molecule has 1 aliphatic carbocycles. The predicted molar refractivity (Wildman–Crippen MR) is 117 cm³/mol. The van der Waals surface area contributed by atoms with E-state index in [1.807, 2.05) is 10.6 Å². The van der Waals surface area contributed by atoms with Gasteiger partial charge in [0.15, 0.2) is 0 Å². The summed E-state index contributed by atoms with van der Waals surface area (Å²) in [5.74, 6) is -12.9. The van der Waals surface area contributed by atoms with Gasteiger partial charge in [0.25, 0.3) is 0 Å². The first-order valence-corrected chi connectivity index (χ1v) is 10.2. The van der Waals surface area contributed by atoms with Crippen molar-refractivity contribution in [1.29, 1.82) is 5.26 Å². The van der Waals surface area contributed by atoms with Crippen LogP contribution in [0.1, 0.15) is 70.4 Å². The van der Waals surface area contributed by atoms with Crippen molar-refractivity contribution in [3.63, 3.8) is 0 Å². The monoisotopic (exact) mass is 516 g/mol. The minimum absolute atomic E-state index is 0.0784. The van der Waals surface area contributed by atoms with Gasteiger partial charge in [-0.15, -0.1) is 0 Å². The van der Waals surface area contributed by atoms with Crippen molar-refractivity contribution in [3.8, 4) is 6.07 Å². The van der Waals surface area contributed by atoms with Gasteiger partial charge in [0.2, 0.25) is 17.7 Å². The van der Waals surface area contributed by atoms with Gasteiger partial charge in [0.1, 0.15) is 18.1 Å². The minimum atomic E-state index is -5.99. The molecule has 0 aromatic rings. The number of likely N-dealkylation sites (tertiary alicyclic amines) is 1. The molecule has 3 fully saturated rings. The predicted octanol–water partition coefficient (Wildman–Crippen LogP) is 1.10. The maximum atomic E-state index is 14.3. The summed E-state index contributed by atoms with van der Waals surface area (Å²) in [6.45, 7) is -23.7. The lowest BCUT2D eigenvalue weighted by atomic mass is 9.85. The summed E-state index contributed by atoms with van der Waals surface area (Å²) in [7, 11) is 0. The van der Waals surface area contributed by atoms with Gasteiger partial charge in [-0.3, -0.25) is 19.2 Å². The highest BCUT2D eigenvalue weighted by Crippen LogP contribution is 2.65. The number of nitrogens with zero attached hydrogens (tertiary/aromatic N) is 2. The third-order valence-electron chi connectivity index (χ3n) is 6.19. The number of alkyl halides is 3. The average molecular weight is 517 g/mol. The molecule has 6 atom stereocenters. The number of carbonyl (C=O) groups is 4. The van der Waals surface area contributed by atoms with Gasteiger partial charge in [0.05, 0.1) is 6.07 Å². The summed E-state index contributed by atoms with van der Waals surface area (Å²) in [6.07, 6.45) is -7.11. The highest BCUT2D eigenvalue weighted by atomic mass is 19.4. The van der Waals surface area contributed by atoms with Crippen molar-refractivity contribution < 1.29 is 55.7 Å². The van der Waals surface area contributed by atoms with Crippen molar-refractivity contribution in [2.75, 3.05) is 13.0 Å². The molecule has 35 heavy (non-hydrogen) atoms. The van der Waals surface area contributed by atoms with Gasteiger partial charge in [0, 0.05) is 42.3 Å². The van der Waals surface area contributed by atoms with Crippen LogP contribution in [0.25, 0.3) is 0 Å². The van der Waals surface area contributed by atoms with Crippen LogP contribution in [0.5, 0.6) is 0 Å². The molecular weight excluding hydrogens is 467 g/mol. The molecule has 1 saturated carbocycles. The Morgan fingerprint density at radius 3 is 2.51 bits per heavy atom. The summed E-state index contributed by atoms with van der Waals surface area (Å²) in [4.78, 5) is 52.8. The van der Waals surface area contributed by atoms with Crippen LogP contribution in [0.2, 0.25) is 0 Å². The average Bonchev–Trinajstić information content (AvgIpc) is 3.30. The Morgan fingerprint density at radius 1 is 1.31 bits per heavy atom. The van der Waals surface area contributed by atoms with Crippen LogP contribution in [0, 0.1) is 39.9 Å². The Balaban J connectivity index is 2.25. The summed E-state index contributed by atoms with van der Waals surface area (Å²) in [6, 6.07) is -6.37. The van der Waals surface area contributed by atoms with E-state index in [-0.39, 0.29) is 4.90 Å². The minimum Gasteiger partial charge on any atom is -0.356 e. The van der Waals surface area contributed by atoms with Crippen LogP contribution in [0.4, 0.5) is 13.2 Å². The molecule has 0 radical (unpaired) electrons. The SMILES string of the molecule is [2H]C1([2H])C[C@@H](C[C@@H](C#N)NC(=O)[C@@H]2[C@@H]3[C@H](CN2C(=O)[C@@H](NC(=O)C(F)(F)F)C(C([2H])([2H])[2H])(C([2H])([2H])[2H])C([2H])([2H])[2H])C3(C([2H])([2H])[2H])C([2H])([2H])[2H])C(=O)N1. The fourth-order valence-corrected chi connectivity index (χ4v) is 4.33. The molecule has 0 aromatic heterocycles.